The third-order valence-electron chi connectivity index (χ3n) is 24.5. The number of fused-ring (bicyclic) bond motifs is 3. The first kappa shape index (κ1) is 111. The van der Waals surface area contributed by atoms with Crippen LogP contribution in [0.15, 0.2) is 130 Å². The molecule has 772 valence electrons. The van der Waals surface area contributed by atoms with Crippen LogP contribution in [0.4, 0.5) is 78.7 Å². The van der Waals surface area contributed by atoms with Crippen LogP contribution in [0.25, 0.3) is 16.9 Å². The number of carboxylic acid groups (broad SMARTS) is 1. The van der Waals surface area contributed by atoms with Gasteiger partial charge in [0.1, 0.15) is 117 Å². The summed E-state index contributed by atoms with van der Waals surface area (Å²) in [4.78, 5) is 174. The van der Waals surface area contributed by atoms with Gasteiger partial charge >= 0.3 is 36.8 Å². The Balaban J connectivity index is 0.000000155. The molecule has 12 unspecified atom stereocenters. The van der Waals surface area contributed by atoms with Crippen LogP contribution in [0.2, 0.25) is 5.15 Å². The van der Waals surface area contributed by atoms with E-state index in [1.807, 2.05) is 104 Å². The normalized spacial score (nSPS) is 20.0. The van der Waals surface area contributed by atoms with Gasteiger partial charge in [-0.1, -0.05) is 39.3 Å². The van der Waals surface area contributed by atoms with Gasteiger partial charge in [-0.15, -0.1) is 0 Å². The number of likely N-dealkylation sites (N-methyl/N-ethyl adjacent to an activating group) is 2. The summed E-state index contributed by atoms with van der Waals surface area (Å²) in [6, 6.07) is -0.471. The van der Waals surface area contributed by atoms with Gasteiger partial charge in [0.2, 0.25) is 0 Å². The van der Waals surface area contributed by atoms with Gasteiger partial charge in [-0.25, -0.2) is 140 Å². The third kappa shape index (κ3) is 28.6. The number of ether oxygens (including phenoxy) is 3. The molecule has 0 saturated carbocycles. The predicted molar refractivity (Wildman–Crippen MR) is 523 cm³/mol. The van der Waals surface area contributed by atoms with E-state index in [2.05, 4.69) is 140 Å². The minimum absolute atomic E-state index is 0. The molecule has 19 rings (SSSR count). The zero-order valence-corrected chi connectivity index (χ0v) is 84.0. The van der Waals surface area contributed by atoms with Crippen molar-refractivity contribution in [2.24, 2.45) is 23.7 Å². The number of aryl methyl sites for hydroxylation is 5. The second-order valence-electron chi connectivity index (χ2n) is 34.8. The quantitative estimate of drug-likeness (QED) is 0.0274. The molecular weight excluding hydrogens is 1940 g/mol. The number of amides is 3. The van der Waals surface area contributed by atoms with E-state index in [1.165, 1.54) is 102 Å². The molecule has 13 aromatic rings. The molecule has 0 aliphatic carbocycles. The van der Waals surface area contributed by atoms with E-state index in [0.29, 0.717) is 128 Å². The number of halogens is 7. The number of carboxylic acids is 1. The van der Waals surface area contributed by atoms with Gasteiger partial charge in [0, 0.05) is 81.5 Å². The summed E-state index contributed by atoms with van der Waals surface area (Å²) >= 11 is 5.43. The van der Waals surface area contributed by atoms with Crippen LogP contribution >= 0.6 is 11.6 Å². The molecule has 6 saturated heterocycles. The van der Waals surface area contributed by atoms with Crippen molar-refractivity contribution in [3.8, 4) is 0 Å². The zero-order chi connectivity index (χ0) is 105. The zero-order valence-electron chi connectivity index (χ0n) is 83.3. The van der Waals surface area contributed by atoms with Crippen molar-refractivity contribution in [1.82, 2.24) is 124 Å². The standard InChI is InChI=1S/2C18H21FN8O.C18H20FN7O.C12H16FN3O2.2C11H14FN3O2.C6H5ClN2O2.Li/c2*1-10-6-27-9-15(24-11(2)17(27)23-10)25-18(28)13-4-22-16(5-21-13)26-7-12(19)14(8-26)20-3;1-3-12-8-26(9-13(12)19)16-5-20-14(4-22-16)18(27)24-15-10-25-7-11(2)23-17(25)6-21-15;1-3-8-6-16(7-9(8)13)11-5-14-10(4-15-11)12(17)18-2;1-7-5-15(6-8(7)12)10-4-13-9(3-14-10)11(16)17-2;1-2-7-5-15(6-8(7)12)10-4-13-9(3-14-10)11(16)17;1-11-6(10)4-2-9-5(7)3-8-4;/h2*4-6,9,12,14,20H,7-8H2,1-3H3,(H,25,28);4-7,10,12-13H,3,8-9H2,1-2H3,(H,24,27);4-5,8-9H,3,6-7H2,1-2H3;3-4,7-8H,5-6H2,1-2H3;3-4,7-8H,2,5-6H2,1H3,(H,16,17);2-3H,1H3;/q;;;;;;;+1/p-1. The molecule has 45 nitrogen and oxygen atoms in total. The first-order chi connectivity index (χ1) is 70.0. The van der Waals surface area contributed by atoms with E-state index in [4.69, 9.17) is 11.6 Å². The minimum atomic E-state index is -1.36. The van der Waals surface area contributed by atoms with Crippen molar-refractivity contribution in [2.45, 2.75) is 131 Å². The number of imidazole rings is 3. The maximum atomic E-state index is 13.9. The molecule has 6 aliphatic rings. The van der Waals surface area contributed by atoms with Gasteiger partial charge in [-0.3, -0.25) is 14.4 Å². The Kier molecular flexibility index (Phi) is 38.5. The predicted octanol–water partition coefficient (Wildman–Crippen LogP) is 4.98. The number of carbonyl (C=O) groups excluding carboxylic acids is 7. The maximum absolute atomic E-state index is 13.9. The number of aromatic carboxylic acids is 1. The molecule has 6 fully saturated rings. The number of hydrogen-bond donors (Lipinski definition) is 5. The second-order valence-corrected chi connectivity index (χ2v) is 35.2. The molecule has 12 atom stereocenters. The average molecular weight is 2050 g/mol. The summed E-state index contributed by atoms with van der Waals surface area (Å²) in [6.07, 6.45) is 28.6. The van der Waals surface area contributed by atoms with Crippen molar-refractivity contribution < 1.29 is 98.1 Å². The van der Waals surface area contributed by atoms with Crippen LogP contribution in [0.1, 0.15) is 149 Å². The Morgan fingerprint density at radius 3 is 0.946 bits per heavy atom. The molecule has 0 bridgehead atoms. The number of alkyl halides is 6. The van der Waals surface area contributed by atoms with Gasteiger partial charge in [0.25, 0.3) is 17.7 Å². The number of nitrogens with zero attached hydrogens (tertiary/aromatic N) is 29. The summed E-state index contributed by atoms with van der Waals surface area (Å²) in [7, 11) is 7.32. The van der Waals surface area contributed by atoms with Crippen LogP contribution < -0.4 is 80.0 Å². The fraction of sp³-hybridized carbons (Fsp3) is 0.436. The van der Waals surface area contributed by atoms with Crippen molar-refractivity contribution >= 4 is 123 Å². The molecule has 0 aromatic carbocycles. The SMILES string of the molecule is CCC1CN(c2cnc(C(=O)Nc3cn4cc(C)nc4cn3)cn2)CC1F.CCC1CN(c2cnc(C(=O)OC)cn2)CC1F.CCC1CN(c2cnc(C(=O)[O-])cn2)CC1F.CNC1CN(c2cnc(C(=O)Nc3cn4cc(C)nc4c(C)n3)cn2)CC1F.CNC1CN(c2cnc(C(=O)Nc3cn4cc(C)nc4c(C)n3)cn2)CC1F.COC(=O)c1cnc(Cl)cn1.COC(=O)c1cnc(N2CC(C)C(F)C2)cn1.[Li+]. The Morgan fingerprint density at radius 2 is 0.646 bits per heavy atom. The fourth-order valence-corrected chi connectivity index (χ4v) is 16.5. The van der Waals surface area contributed by atoms with E-state index in [1.54, 1.807) is 58.0 Å². The van der Waals surface area contributed by atoms with Gasteiger partial charge in [-0.2, -0.15) is 0 Å². The minimum Gasteiger partial charge on any atom is -0.543 e. The van der Waals surface area contributed by atoms with Crippen LogP contribution in [0, 0.1) is 58.3 Å². The summed E-state index contributed by atoms with van der Waals surface area (Å²) in [5.74, 6) is 0.451. The van der Waals surface area contributed by atoms with Crippen LogP contribution in [0.3, 0.4) is 0 Å². The number of nitrogens with one attached hydrogen (secondary N) is 5. The summed E-state index contributed by atoms with van der Waals surface area (Å²) in [6.45, 7) is 22.4. The van der Waals surface area contributed by atoms with E-state index in [0.717, 1.165) is 53.8 Å². The van der Waals surface area contributed by atoms with E-state index >= 15 is 0 Å². The topological polar surface area (TPSA) is 521 Å². The number of anilines is 9. The smallest absolute Gasteiger partial charge is 0.543 e. The van der Waals surface area contributed by atoms with Crippen LogP contribution in [-0.4, -0.2) is 318 Å². The van der Waals surface area contributed by atoms with Crippen LogP contribution in [0.5, 0.6) is 0 Å². The summed E-state index contributed by atoms with van der Waals surface area (Å²) in [5, 5.41) is 24.8. The number of rotatable bonds is 21. The molecule has 0 spiro atoms. The summed E-state index contributed by atoms with van der Waals surface area (Å²) in [5.41, 5.74) is 6.96. The molecule has 6 aliphatic heterocycles. The molecule has 5 N–H and O–H groups in total. The fourth-order valence-electron chi connectivity index (χ4n) is 16.4. The number of hydrogen-bond acceptors (Lipinski definition) is 39. The van der Waals surface area contributed by atoms with E-state index in [-0.39, 0.29) is 119 Å². The van der Waals surface area contributed by atoms with E-state index in [9.17, 15) is 65.0 Å². The van der Waals surface area contributed by atoms with Gasteiger partial charge < -0.3 is 93.3 Å². The molecular formula is C94H110ClF6LiN34O11. The van der Waals surface area contributed by atoms with Gasteiger partial charge in [0.05, 0.1) is 219 Å². The maximum Gasteiger partial charge on any atom is 1.00 e. The van der Waals surface area contributed by atoms with Crippen molar-refractivity contribution in [3.63, 3.8) is 0 Å². The first-order valence-corrected chi connectivity index (χ1v) is 46.9. The average Bonchev–Trinajstić information content (AvgIpc) is 1.70. The molecule has 13 aromatic heterocycles. The summed E-state index contributed by atoms with van der Waals surface area (Å²) < 4.78 is 101. The molecule has 19 heterocycles. The monoisotopic (exact) mass is 2050 g/mol. The number of esters is 3. The number of carbonyl (C=O) groups is 7. The van der Waals surface area contributed by atoms with Crippen LogP contribution in [-0.2, 0) is 14.2 Å². The van der Waals surface area contributed by atoms with Crippen molar-refractivity contribution in [3.05, 3.63) is 204 Å². The number of methoxy groups -OCH3 is 3. The Morgan fingerprint density at radius 1 is 0.347 bits per heavy atom. The molecule has 53 heteroatoms. The Bertz CT molecular complexity index is 6480. The molecule has 147 heavy (non-hydrogen) atoms. The Hall–Kier alpha value is -15.1. The van der Waals surface area contributed by atoms with E-state index < -0.39 is 78.6 Å². The molecule has 3 amide bonds. The third-order valence-corrected chi connectivity index (χ3v) is 24.7. The Labute approximate surface area is 856 Å². The number of aromatic nitrogens is 23. The van der Waals surface area contributed by atoms with Crippen molar-refractivity contribution in [1.29, 1.82) is 0 Å². The van der Waals surface area contributed by atoms with Gasteiger partial charge in [0.15, 0.2) is 34.0 Å². The van der Waals surface area contributed by atoms with Gasteiger partial charge in [-0.05, 0) is 68.0 Å². The van der Waals surface area contributed by atoms with Crippen molar-refractivity contribution in [2.75, 3.05) is 159 Å². The first-order valence-electron chi connectivity index (χ1n) is 46.5. The molecule has 0 radical (unpaired) electrons. The largest absolute Gasteiger partial charge is 1.00 e. The second kappa shape index (κ2) is 51.1.